The van der Waals surface area contributed by atoms with Crippen LogP contribution in [-0.4, -0.2) is 41.1 Å². The van der Waals surface area contributed by atoms with Crippen LogP contribution in [0.5, 0.6) is 0 Å². The molecule has 0 radical (unpaired) electrons. The largest absolute Gasteiger partial charge is 0.481 e. The van der Waals surface area contributed by atoms with Gasteiger partial charge in [-0.15, -0.1) is 0 Å². The summed E-state index contributed by atoms with van der Waals surface area (Å²) in [4.78, 5) is 22.3. The number of aliphatic carboxylic acids is 1. The molecule has 1 aliphatic heterocycles. The van der Waals surface area contributed by atoms with E-state index in [9.17, 15) is 22.8 Å². The maximum atomic E-state index is 12.1. The number of hydrogen-bond acceptors (Lipinski definition) is 2. The Morgan fingerprint density at radius 1 is 1.25 bits per heavy atom. The van der Waals surface area contributed by atoms with Gasteiger partial charge in [0.25, 0.3) is 0 Å². The number of carbonyl (C=O) groups excluding carboxylic acids is 1. The van der Waals surface area contributed by atoms with Gasteiger partial charge in [0, 0.05) is 13.1 Å². The van der Waals surface area contributed by atoms with Gasteiger partial charge in [-0.2, -0.15) is 13.2 Å². The minimum Gasteiger partial charge on any atom is -0.481 e. The first-order valence-electron chi connectivity index (χ1n) is 4.91. The smallest absolute Gasteiger partial charge is 0.471 e. The third-order valence-electron chi connectivity index (χ3n) is 3.31. The monoisotopic (exact) mass is 237 g/mol. The summed E-state index contributed by atoms with van der Waals surface area (Å²) in [5, 5.41) is 8.74. The summed E-state index contributed by atoms with van der Waals surface area (Å²) in [6.07, 6.45) is -4.51. The number of carbonyl (C=O) groups is 2. The number of halogens is 3. The first-order chi connectivity index (χ1) is 7.32. The summed E-state index contributed by atoms with van der Waals surface area (Å²) in [6.45, 7) is -0.0801. The van der Waals surface area contributed by atoms with E-state index in [4.69, 9.17) is 5.11 Å². The molecule has 0 aromatic rings. The number of alkyl halides is 3. The second-order valence-electron chi connectivity index (χ2n) is 4.23. The predicted octanol–water partition coefficient (Wildman–Crippen LogP) is 0.728. The van der Waals surface area contributed by atoms with Gasteiger partial charge in [0.1, 0.15) is 0 Å². The number of hydrogen-bond donors (Lipinski definition) is 1. The summed E-state index contributed by atoms with van der Waals surface area (Å²) >= 11 is 0. The van der Waals surface area contributed by atoms with Crippen LogP contribution in [0.1, 0.15) is 6.42 Å². The number of carboxylic acids is 1. The maximum absolute atomic E-state index is 12.1. The summed E-state index contributed by atoms with van der Waals surface area (Å²) in [7, 11) is 0. The van der Waals surface area contributed by atoms with Crippen molar-refractivity contribution in [3.63, 3.8) is 0 Å². The number of amides is 1. The van der Waals surface area contributed by atoms with E-state index in [0.29, 0.717) is 11.3 Å². The quantitative estimate of drug-likeness (QED) is 0.731. The number of fused-ring (bicyclic) bond motifs is 1. The highest BCUT2D eigenvalue weighted by Crippen LogP contribution is 2.51. The molecule has 1 unspecified atom stereocenters. The fourth-order valence-corrected chi connectivity index (χ4v) is 2.47. The lowest BCUT2D eigenvalue weighted by Crippen LogP contribution is -2.44. The molecule has 1 amide bonds. The molecule has 0 bridgehead atoms. The van der Waals surface area contributed by atoms with E-state index in [0.717, 1.165) is 0 Å². The molecule has 7 heteroatoms. The van der Waals surface area contributed by atoms with Crippen molar-refractivity contribution in [3.05, 3.63) is 0 Å². The van der Waals surface area contributed by atoms with Gasteiger partial charge in [0.15, 0.2) is 0 Å². The zero-order valence-corrected chi connectivity index (χ0v) is 8.20. The number of carboxylic acid groups (broad SMARTS) is 1. The fourth-order valence-electron chi connectivity index (χ4n) is 2.47. The van der Waals surface area contributed by atoms with E-state index in [2.05, 4.69) is 0 Å². The average molecular weight is 237 g/mol. The van der Waals surface area contributed by atoms with Crippen LogP contribution >= 0.6 is 0 Å². The van der Waals surface area contributed by atoms with Crippen LogP contribution in [0, 0.1) is 17.8 Å². The molecule has 1 saturated heterocycles. The standard InChI is InChI=1S/C9H10F3NO3/c10-9(11,12)8(16)13-2-1-4-5(3-13)6(4)7(14)15/h4-6H,1-3H2,(H,14,15)/t4-,5+,6?/m1/s1. The third-order valence-corrected chi connectivity index (χ3v) is 3.31. The van der Waals surface area contributed by atoms with Crippen LogP contribution in [-0.2, 0) is 9.59 Å². The SMILES string of the molecule is O=C(O)C1[C@H]2CN(C(=O)C(F)(F)F)CC[C@@H]12. The van der Waals surface area contributed by atoms with E-state index in [1.54, 1.807) is 0 Å². The van der Waals surface area contributed by atoms with Crippen LogP contribution < -0.4 is 0 Å². The van der Waals surface area contributed by atoms with E-state index >= 15 is 0 Å². The molecule has 1 aliphatic carbocycles. The molecule has 2 aliphatic rings. The molecule has 90 valence electrons. The fraction of sp³-hybridized carbons (Fsp3) is 0.778. The van der Waals surface area contributed by atoms with E-state index < -0.39 is 24.0 Å². The Balaban J connectivity index is 1.98. The van der Waals surface area contributed by atoms with Crippen molar-refractivity contribution in [3.8, 4) is 0 Å². The van der Waals surface area contributed by atoms with Crippen molar-refractivity contribution in [1.82, 2.24) is 4.90 Å². The van der Waals surface area contributed by atoms with Crippen LogP contribution in [0.4, 0.5) is 13.2 Å². The van der Waals surface area contributed by atoms with Gasteiger partial charge in [-0.3, -0.25) is 9.59 Å². The molecule has 2 fully saturated rings. The van der Waals surface area contributed by atoms with E-state index in [1.165, 1.54) is 0 Å². The molecule has 1 N–H and O–H groups in total. The zero-order valence-electron chi connectivity index (χ0n) is 8.20. The second kappa shape index (κ2) is 3.36. The van der Waals surface area contributed by atoms with Crippen LogP contribution in [0.15, 0.2) is 0 Å². The molecule has 0 spiro atoms. The molecule has 1 heterocycles. The lowest BCUT2D eigenvalue weighted by molar-refractivity contribution is -0.186. The second-order valence-corrected chi connectivity index (χ2v) is 4.23. The van der Waals surface area contributed by atoms with Crippen molar-refractivity contribution < 1.29 is 27.9 Å². The van der Waals surface area contributed by atoms with Gasteiger partial charge in [-0.1, -0.05) is 0 Å². The molecule has 0 aromatic heterocycles. The van der Waals surface area contributed by atoms with Crippen molar-refractivity contribution in [2.75, 3.05) is 13.1 Å². The number of nitrogens with zero attached hydrogens (tertiary/aromatic N) is 1. The summed E-state index contributed by atoms with van der Waals surface area (Å²) < 4.78 is 36.4. The van der Waals surface area contributed by atoms with Gasteiger partial charge >= 0.3 is 18.1 Å². The number of likely N-dealkylation sites (tertiary alicyclic amines) is 1. The predicted molar refractivity (Wildman–Crippen MR) is 45.4 cm³/mol. The Bertz CT molecular complexity index is 341. The first-order valence-corrected chi connectivity index (χ1v) is 4.91. The topological polar surface area (TPSA) is 57.6 Å². The van der Waals surface area contributed by atoms with Crippen molar-refractivity contribution >= 4 is 11.9 Å². The molecule has 4 nitrogen and oxygen atoms in total. The van der Waals surface area contributed by atoms with Gasteiger partial charge in [-0.25, -0.2) is 0 Å². The highest BCUT2D eigenvalue weighted by molar-refractivity contribution is 5.82. The third kappa shape index (κ3) is 1.74. The van der Waals surface area contributed by atoms with Crippen molar-refractivity contribution in [2.45, 2.75) is 12.6 Å². The maximum Gasteiger partial charge on any atom is 0.471 e. The Kier molecular flexibility index (Phi) is 2.36. The van der Waals surface area contributed by atoms with Crippen LogP contribution in [0.3, 0.4) is 0 Å². The summed E-state index contributed by atoms with van der Waals surface area (Å²) in [6, 6.07) is 0. The minimum absolute atomic E-state index is 0.00326. The minimum atomic E-state index is -4.86. The van der Waals surface area contributed by atoms with Crippen LogP contribution in [0.25, 0.3) is 0 Å². The Morgan fingerprint density at radius 3 is 2.38 bits per heavy atom. The molecule has 2 rings (SSSR count). The van der Waals surface area contributed by atoms with Crippen LogP contribution in [0.2, 0.25) is 0 Å². The number of piperidine rings is 1. The Labute approximate surface area is 89.0 Å². The average Bonchev–Trinajstić information content (AvgIpc) is 2.87. The van der Waals surface area contributed by atoms with Gasteiger partial charge in [0.05, 0.1) is 5.92 Å². The van der Waals surface area contributed by atoms with E-state index in [1.807, 2.05) is 0 Å². The zero-order chi connectivity index (χ0) is 12.1. The van der Waals surface area contributed by atoms with Crippen molar-refractivity contribution in [2.24, 2.45) is 17.8 Å². The molecule has 3 atom stereocenters. The van der Waals surface area contributed by atoms with E-state index in [-0.39, 0.29) is 24.9 Å². The van der Waals surface area contributed by atoms with Crippen molar-refractivity contribution in [1.29, 1.82) is 0 Å². The summed E-state index contributed by atoms with van der Waals surface area (Å²) in [5.41, 5.74) is 0. The molecule has 16 heavy (non-hydrogen) atoms. The highest BCUT2D eigenvalue weighted by Gasteiger charge is 2.59. The highest BCUT2D eigenvalue weighted by atomic mass is 19.4. The molecular formula is C9H10F3NO3. The molecular weight excluding hydrogens is 227 g/mol. The molecule has 0 aromatic carbocycles. The lowest BCUT2D eigenvalue weighted by atomic mass is 10.1. The summed E-state index contributed by atoms with van der Waals surface area (Å²) in [5.74, 6) is -3.74. The Morgan fingerprint density at radius 2 is 1.88 bits per heavy atom. The first kappa shape index (κ1) is 11.2. The lowest BCUT2D eigenvalue weighted by Gasteiger charge is -2.26. The number of rotatable bonds is 1. The normalized spacial score (nSPS) is 33.2. The molecule has 1 saturated carbocycles. The van der Waals surface area contributed by atoms with Gasteiger partial charge < -0.3 is 10.0 Å². The van der Waals surface area contributed by atoms with Gasteiger partial charge in [0.2, 0.25) is 0 Å². The Hall–Kier alpha value is -1.27. The van der Waals surface area contributed by atoms with Gasteiger partial charge in [-0.05, 0) is 18.3 Å².